The Morgan fingerprint density at radius 1 is 1.53 bits per heavy atom. The molecular formula is C13H17ClFNO. The Hall–Kier alpha value is -0.930. The summed E-state index contributed by atoms with van der Waals surface area (Å²) in [4.78, 5) is 11.9. The summed E-state index contributed by atoms with van der Waals surface area (Å²) in [5, 5.41) is 0.423. The van der Waals surface area contributed by atoms with Gasteiger partial charge in [-0.25, -0.2) is 4.39 Å². The molecule has 0 spiro atoms. The summed E-state index contributed by atoms with van der Waals surface area (Å²) >= 11 is 5.92. The molecule has 0 aliphatic rings. The second kappa shape index (κ2) is 6.72. The van der Waals surface area contributed by atoms with Crippen LogP contribution in [0.1, 0.15) is 25.3 Å². The largest absolute Gasteiger partial charge is 0.330 e. The van der Waals surface area contributed by atoms with Crippen molar-refractivity contribution in [2.45, 2.75) is 26.2 Å². The van der Waals surface area contributed by atoms with Crippen LogP contribution >= 0.6 is 11.6 Å². The van der Waals surface area contributed by atoms with Crippen molar-refractivity contribution in [2.24, 2.45) is 11.7 Å². The first-order valence-electron chi connectivity index (χ1n) is 5.75. The highest BCUT2D eigenvalue weighted by atomic mass is 35.5. The summed E-state index contributed by atoms with van der Waals surface area (Å²) in [5.74, 6) is -0.502. The molecule has 94 valence electrons. The van der Waals surface area contributed by atoms with Gasteiger partial charge in [-0.2, -0.15) is 0 Å². The van der Waals surface area contributed by atoms with E-state index >= 15 is 0 Å². The highest BCUT2D eigenvalue weighted by Gasteiger charge is 2.17. The van der Waals surface area contributed by atoms with Crippen LogP contribution in [0.4, 0.5) is 4.39 Å². The minimum atomic E-state index is -0.378. The van der Waals surface area contributed by atoms with Crippen LogP contribution in [0.2, 0.25) is 5.02 Å². The predicted octanol–water partition coefficient (Wildman–Crippen LogP) is 2.97. The summed E-state index contributed by atoms with van der Waals surface area (Å²) in [6, 6.07) is 4.05. The number of carbonyl (C=O) groups is 1. The normalized spacial score (nSPS) is 12.5. The van der Waals surface area contributed by atoms with Gasteiger partial charge in [0.15, 0.2) is 0 Å². The lowest BCUT2D eigenvalue weighted by molar-refractivity contribution is -0.122. The van der Waals surface area contributed by atoms with E-state index < -0.39 is 0 Å². The van der Waals surface area contributed by atoms with Crippen molar-refractivity contribution in [2.75, 3.05) is 6.54 Å². The fourth-order valence-corrected chi connectivity index (χ4v) is 1.95. The smallest absolute Gasteiger partial charge is 0.141 e. The van der Waals surface area contributed by atoms with E-state index in [-0.39, 0.29) is 23.9 Å². The summed E-state index contributed by atoms with van der Waals surface area (Å²) in [5.41, 5.74) is 6.09. The molecule has 1 atom stereocenters. The average Bonchev–Trinajstić information content (AvgIpc) is 2.30. The predicted molar refractivity (Wildman–Crippen MR) is 67.6 cm³/mol. The number of rotatable bonds is 6. The first kappa shape index (κ1) is 14.1. The van der Waals surface area contributed by atoms with Crippen molar-refractivity contribution in [3.8, 4) is 0 Å². The van der Waals surface area contributed by atoms with Crippen molar-refractivity contribution in [3.05, 3.63) is 34.6 Å². The van der Waals surface area contributed by atoms with Gasteiger partial charge in [-0.15, -0.1) is 0 Å². The van der Waals surface area contributed by atoms with Crippen LogP contribution in [0.15, 0.2) is 18.2 Å². The second-order valence-electron chi connectivity index (χ2n) is 4.10. The maximum absolute atomic E-state index is 13.0. The van der Waals surface area contributed by atoms with Crippen molar-refractivity contribution >= 4 is 17.4 Å². The molecule has 1 aromatic rings. The van der Waals surface area contributed by atoms with Gasteiger partial charge in [-0.1, -0.05) is 24.9 Å². The van der Waals surface area contributed by atoms with Crippen LogP contribution < -0.4 is 5.73 Å². The van der Waals surface area contributed by atoms with Crippen LogP contribution in [0.25, 0.3) is 0 Å². The molecule has 2 N–H and O–H groups in total. The van der Waals surface area contributed by atoms with Crippen LogP contribution in [-0.4, -0.2) is 12.3 Å². The fourth-order valence-electron chi connectivity index (χ4n) is 1.77. The quantitative estimate of drug-likeness (QED) is 0.851. The molecule has 0 fully saturated rings. The van der Waals surface area contributed by atoms with E-state index in [1.165, 1.54) is 18.2 Å². The highest BCUT2D eigenvalue weighted by Crippen LogP contribution is 2.19. The molecule has 0 radical (unpaired) electrons. The number of halogens is 2. The third kappa shape index (κ3) is 4.10. The zero-order valence-electron chi connectivity index (χ0n) is 9.88. The van der Waals surface area contributed by atoms with E-state index in [1.807, 2.05) is 6.92 Å². The monoisotopic (exact) mass is 257 g/mol. The number of hydrogen-bond acceptors (Lipinski definition) is 2. The fraction of sp³-hybridized carbons (Fsp3) is 0.462. The first-order chi connectivity index (χ1) is 8.08. The Labute approximate surface area is 106 Å². The minimum absolute atomic E-state index is 0.0295. The highest BCUT2D eigenvalue weighted by molar-refractivity contribution is 6.31. The van der Waals surface area contributed by atoms with Crippen LogP contribution in [-0.2, 0) is 11.2 Å². The Balaban J connectivity index is 2.76. The SMILES string of the molecule is CCCC(CN)C(=O)Cc1cc(F)ccc1Cl. The van der Waals surface area contributed by atoms with Gasteiger partial charge in [-0.05, 0) is 30.2 Å². The van der Waals surface area contributed by atoms with Crippen molar-refractivity contribution < 1.29 is 9.18 Å². The lowest BCUT2D eigenvalue weighted by Crippen LogP contribution is -2.25. The number of benzene rings is 1. The van der Waals surface area contributed by atoms with Gasteiger partial charge in [0.25, 0.3) is 0 Å². The molecule has 1 aromatic carbocycles. The van der Waals surface area contributed by atoms with E-state index in [4.69, 9.17) is 17.3 Å². The molecule has 0 amide bonds. The minimum Gasteiger partial charge on any atom is -0.330 e. The van der Waals surface area contributed by atoms with Gasteiger partial charge in [0, 0.05) is 23.9 Å². The van der Waals surface area contributed by atoms with Crippen LogP contribution in [0.5, 0.6) is 0 Å². The van der Waals surface area contributed by atoms with Gasteiger partial charge < -0.3 is 5.73 Å². The van der Waals surface area contributed by atoms with Crippen LogP contribution in [0.3, 0.4) is 0 Å². The molecule has 2 nitrogen and oxygen atoms in total. The molecular weight excluding hydrogens is 241 g/mol. The topological polar surface area (TPSA) is 43.1 Å². The molecule has 1 rings (SSSR count). The molecule has 0 aliphatic heterocycles. The van der Waals surface area contributed by atoms with E-state index in [1.54, 1.807) is 0 Å². The summed E-state index contributed by atoms with van der Waals surface area (Å²) in [6.07, 6.45) is 1.82. The van der Waals surface area contributed by atoms with E-state index in [0.29, 0.717) is 17.1 Å². The van der Waals surface area contributed by atoms with Crippen molar-refractivity contribution in [1.29, 1.82) is 0 Å². The standard InChI is InChI=1S/C13H17ClFNO/c1-2-3-9(8-16)13(17)7-10-6-11(15)4-5-12(10)14/h4-6,9H,2-3,7-8,16H2,1H3. The first-order valence-corrected chi connectivity index (χ1v) is 6.13. The maximum Gasteiger partial charge on any atom is 0.141 e. The second-order valence-corrected chi connectivity index (χ2v) is 4.51. The van der Waals surface area contributed by atoms with Crippen molar-refractivity contribution in [1.82, 2.24) is 0 Å². The third-order valence-corrected chi connectivity index (χ3v) is 3.12. The molecule has 0 aromatic heterocycles. The molecule has 4 heteroatoms. The Morgan fingerprint density at radius 3 is 2.82 bits per heavy atom. The average molecular weight is 258 g/mol. The molecule has 0 bridgehead atoms. The number of ketones is 1. The van der Waals surface area contributed by atoms with Crippen LogP contribution in [0, 0.1) is 11.7 Å². The van der Waals surface area contributed by atoms with Gasteiger partial charge in [0.05, 0.1) is 0 Å². The maximum atomic E-state index is 13.0. The summed E-state index contributed by atoms with van der Waals surface area (Å²) in [7, 11) is 0. The molecule has 0 heterocycles. The molecule has 0 saturated carbocycles. The summed E-state index contributed by atoms with van der Waals surface area (Å²) in [6.45, 7) is 2.34. The van der Waals surface area contributed by atoms with Gasteiger partial charge in [0.1, 0.15) is 11.6 Å². The number of nitrogens with two attached hydrogens (primary N) is 1. The Morgan fingerprint density at radius 2 is 2.24 bits per heavy atom. The van der Waals surface area contributed by atoms with Gasteiger partial charge in [-0.3, -0.25) is 4.79 Å². The summed E-state index contributed by atoms with van der Waals surface area (Å²) < 4.78 is 13.0. The molecule has 1 unspecified atom stereocenters. The number of Topliss-reactive ketones (excluding diaryl/α,β-unsaturated/α-hetero) is 1. The Bertz CT molecular complexity index is 395. The third-order valence-electron chi connectivity index (χ3n) is 2.75. The van der Waals surface area contributed by atoms with Gasteiger partial charge >= 0.3 is 0 Å². The van der Waals surface area contributed by atoms with E-state index in [9.17, 15) is 9.18 Å². The van der Waals surface area contributed by atoms with E-state index in [2.05, 4.69) is 0 Å². The van der Waals surface area contributed by atoms with Gasteiger partial charge in [0.2, 0.25) is 0 Å². The van der Waals surface area contributed by atoms with Crippen molar-refractivity contribution in [3.63, 3.8) is 0 Å². The zero-order valence-corrected chi connectivity index (χ0v) is 10.6. The Kier molecular flexibility index (Phi) is 5.59. The molecule has 0 aliphatic carbocycles. The van der Waals surface area contributed by atoms with E-state index in [0.717, 1.165) is 12.8 Å². The molecule has 0 saturated heterocycles. The number of hydrogen-bond donors (Lipinski definition) is 1. The molecule has 17 heavy (non-hydrogen) atoms. The zero-order chi connectivity index (χ0) is 12.8. The lowest BCUT2D eigenvalue weighted by atomic mass is 9.94. The number of carbonyl (C=O) groups excluding carboxylic acids is 1. The lowest BCUT2D eigenvalue weighted by Gasteiger charge is -2.12.